The Bertz CT molecular complexity index is 813. The fourth-order valence-corrected chi connectivity index (χ4v) is 2.06. The Hall–Kier alpha value is -2.71. The molecule has 10 heteroatoms. The summed E-state index contributed by atoms with van der Waals surface area (Å²) in [6.45, 7) is -0.649. The summed E-state index contributed by atoms with van der Waals surface area (Å²) in [4.78, 5) is 37.5. The molecule has 0 aliphatic heterocycles. The van der Waals surface area contributed by atoms with Crippen molar-refractivity contribution < 1.29 is 19.2 Å². The summed E-state index contributed by atoms with van der Waals surface area (Å²) < 4.78 is 4.80. The number of nitro groups is 1. The van der Waals surface area contributed by atoms with Crippen LogP contribution in [0.25, 0.3) is 0 Å². The monoisotopic (exact) mass is 369 g/mol. The lowest BCUT2D eigenvalue weighted by Crippen LogP contribution is -2.21. The van der Waals surface area contributed by atoms with E-state index in [0.717, 1.165) is 6.07 Å². The Balaban J connectivity index is 2.01. The van der Waals surface area contributed by atoms with Crippen molar-refractivity contribution in [1.29, 1.82) is 0 Å². The van der Waals surface area contributed by atoms with Crippen LogP contribution in [0.3, 0.4) is 0 Å². The quantitative estimate of drug-likeness (QED) is 0.375. The standard InChI is InChI=1S/C14H9Cl2N3O5/c15-8-3-4-10(11(6-8)19(22)23)18-12(20)7-24-14(21)9-2-1-5-17-13(9)16/h1-6H,7H2,(H,18,20). The topological polar surface area (TPSA) is 111 Å². The van der Waals surface area contributed by atoms with Gasteiger partial charge in [0.1, 0.15) is 10.8 Å². The molecule has 2 rings (SSSR count). The number of nitrogens with one attached hydrogen (secondary N) is 1. The minimum Gasteiger partial charge on any atom is -0.452 e. The van der Waals surface area contributed by atoms with Crippen LogP contribution in [0.1, 0.15) is 10.4 Å². The second-order valence-electron chi connectivity index (χ2n) is 4.38. The van der Waals surface area contributed by atoms with Gasteiger partial charge in [-0.2, -0.15) is 0 Å². The number of amides is 1. The lowest BCUT2D eigenvalue weighted by atomic mass is 10.2. The van der Waals surface area contributed by atoms with Crippen molar-refractivity contribution in [3.05, 3.63) is 62.4 Å². The molecule has 1 aromatic carbocycles. The maximum absolute atomic E-state index is 11.8. The van der Waals surface area contributed by atoms with Crippen LogP contribution in [0, 0.1) is 10.1 Å². The van der Waals surface area contributed by atoms with Crippen LogP contribution in [0.2, 0.25) is 10.2 Å². The van der Waals surface area contributed by atoms with Gasteiger partial charge in [0.15, 0.2) is 6.61 Å². The van der Waals surface area contributed by atoms with Crippen molar-refractivity contribution in [2.45, 2.75) is 0 Å². The third-order valence-corrected chi connectivity index (χ3v) is 3.28. The number of carbonyl (C=O) groups is 2. The van der Waals surface area contributed by atoms with E-state index in [1.807, 2.05) is 0 Å². The van der Waals surface area contributed by atoms with E-state index in [1.165, 1.54) is 30.5 Å². The fourth-order valence-electron chi connectivity index (χ4n) is 1.69. The zero-order chi connectivity index (χ0) is 17.7. The summed E-state index contributed by atoms with van der Waals surface area (Å²) >= 11 is 11.4. The van der Waals surface area contributed by atoms with Crippen LogP contribution in [-0.2, 0) is 9.53 Å². The highest BCUT2D eigenvalue weighted by Crippen LogP contribution is 2.27. The first-order valence-corrected chi connectivity index (χ1v) is 7.15. The predicted molar refractivity (Wildman–Crippen MR) is 86.3 cm³/mol. The average molecular weight is 370 g/mol. The maximum Gasteiger partial charge on any atom is 0.341 e. The van der Waals surface area contributed by atoms with Crippen molar-refractivity contribution in [2.24, 2.45) is 0 Å². The second-order valence-corrected chi connectivity index (χ2v) is 5.18. The number of rotatable bonds is 5. The molecule has 1 N–H and O–H groups in total. The first-order valence-electron chi connectivity index (χ1n) is 6.40. The van der Waals surface area contributed by atoms with Gasteiger partial charge in [-0.25, -0.2) is 9.78 Å². The minimum atomic E-state index is -0.839. The molecule has 1 aromatic heterocycles. The number of hydrogen-bond donors (Lipinski definition) is 1. The van der Waals surface area contributed by atoms with Gasteiger partial charge in [-0.05, 0) is 24.3 Å². The molecular formula is C14H9Cl2N3O5. The number of pyridine rings is 1. The molecule has 0 spiro atoms. The molecule has 2 aromatic rings. The van der Waals surface area contributed by atoms with E-state index in [1.54, 1.807) is 0 Å². The van der Waals surface area contributed by atoms with Gasteiger partial charge < -0.3 is 10.1 Å². The van der Waals surface area contributed by atoms with Gasteiger partial charge in [-0.3, -0.25) is 14.9 Å². The van der Waals surface area contributed by atoms with Crippen LogP contribution < -0.4 is 5.32 Å². The van der Waals surface area contributed by atoms with Crippen molar-refractivity contribution in [3.63, 3.8) is 0 Å². The van der Waals surface area contributed by atoms with Gasteiger partial charge in [0.2, 0.25) is 0 Å². The summed E-state index contributed by atoms with van der Waals surface area (Å²) in [7, 11) is 0. The van der Waals surface area contributed by atoms with E-state index >= 15 is 0 Å². The molecule has 0 radical (unpaired) electrons. The number of nitro benzene ring substituents is 1. The number of benzene rings is 1. The first-order chi connectivity index (χ1) is 11.4. The highest BCUT2D eigenvalue weighted by molar-refractivity contribution is 6.32. The number of halogens is 2. The molecule has 0 unspecified atom stereocenters. The number of carbonyl (C=O) groups excluding carboxylic acids is 2. The number of esters is 1. The van der Waals surface area contributed by atoms with E-state index in [-0.39, 0.29) is 27.1 Å². The van der Waals surface area contributed by atoms with Crippen LogP contribution >= 0.6 is 23.2 Å². The summed E-state index contributed by atoms with van der Waals surface area (Å²) in [6.07, 6.45) is 1.39. The SMILES string of the molecule is O=C(COC(=O)c1cccnc1Cl)Nc1ccc(Cl)cc1[N+](=O)[O-]. The zero-order valence-corrected chi connectivity index (χ0v) is 13.4. The molecule has 8 nitrogen and oxygen atoms in total. The van der Waals surface area contributed by atoms with E-state index in [0.29, 0.717) is 0 Å². The molecule has 0 aliphatic rings. The highest BCUT2D eigenvalue weighted by atomic mass is 35.5. The summed E-state index contributed by atoms with van der Waals surface area (Å²) in [6, 6.07) is 6.63. The zero-order valence-electron chi connectivity index (χ0n) is 11.9. The molecule has 1 amide bonds. The van der Waals surface area contributed by atoms with Gasteiger partial charge in [0, 0.05) is 17.3 Å². The molecule has 0 aliphatic carbocycles. The molecule has 0 fully saturated rings. The van der Waals surface area contributed by atoms with E-state index in [9.17, 15) is 19.7 Å². The largest absolute Gasteiger partial charge is 0.452 e. The lowest BCUT2D eigenvalue weighted by Gasteiger charge is -2.08. The highest BCUT2D eigenvalue weighted by Gasteiger charge is 2.18. The molecule has 0 bridgehead atoms. The van der Waals surface area contributed by atoms with Crippen molar-refractivity contribution in [2.75, 3.05) is 11.9 Å². The minimum absolute atomic E-state index is 0.00411. The number of anilines is 1. The van der Waals surface area contributed by atoms with Crippen LogP contribution in [0.15, 0.2) is 36.5 Å². The molecule has 0 saturated carbocycles. The van der Waals surface area contributed by atoms with Crippen molar-refractivity contribution in [1.82, 2.24) is 4.98 Å². The third kappa shape index (κ3) is 4.40. The summed E-state index contributed by atoms with van der Waals surface area (Å²) in [5, 5.41) is 13.3. The van der Waals surface area contributed by atoms with Gasteiger partial charge in [-0.1, -0.05) is 23.2 Å². The number of nitrogens with zero attached hydrogens (tertiary/aromatic N) is 2. The molecule has 24 heavy (non-hydrogen) atoms. The van der Waals surface area contributed by atoms with Gasteiger partial charge >= 0.3 is 5.97 Å². The molecule has 124 valence electrons. The molecule has 0 atom stereocenters. The number of aromatic nitrogens is 1. The fraction of sp³-hybridized carbons (Fsp3) is 0.0714. The normalized spacial score (nSPS) is 10.1. The Kier molecular flexibility index (Phi) is 5.67. The molecule has 0 saturated heterocycles. The van der Waals surface area contributed by atoms with E-state index < -0.39 is 23.4 Å². The number of ether oxygens (including phenoxy) is 1. The second kappa shape index (κ2) is 7.71. The lowest BCUT2D eigenvalue weighted by molar-refractivity contribution is -0.383. The van der Waals surface area contributed by atoms with Crippen LogP contribution in [0.5, 0.6) is 0 Å². The van der Waals surface area contributed by atoms with Crippen LogP contribution in [-0.4, -0.2) is 28.4 Å². The van der Waals surface area contributed by atoms with E-state index in [2.05, 4.69) is 10.3 Å². The van der Waals surface area contributed by atoms with E-state index in [4.69, 9.17) is 27.9 Å². The summed E-state index contributed by atoms with van der Waals surface area (Å²) in [5.74, 6) is -1.59. The van der Waals surface area contributed by atoms with Crippen molar-refractivity contribution >= 4 is 46.5 Å². The van der Waals surface area contributed by atoms with Crippen LogP contribution in [0.4, 0.5) is 11.4 Å². The Morgan fingerprint density at radius 1 is 1.29 bits per heavy atom. The number of hydrogen-bond acceptors (Lipinski definition) is 6. The van der Waals surface area contributed by atoms with Gasteiger partial charge in [0.05, 0.1) is 10.5 Å². The third-order valence-electron chi connectivity index (χ3n) is 2.74. The average Bonchev–Trinajstić information content (AvgIpc) is 2.54. The Morgan fingerprint density at radius 3 is 2.71 bits per heavy atom. The predicted octanol–water partition coefficient (Wildman–Crippen LogP) is 3.09. The summed E-state index contributed by atoms with van der Waals surface area (Å²) in [5.41, 5.74) is -0.438. The molecular weight excluding hydrogens is 361 g/mol. The van der Waals surface area contributed by atoms with Crippen molar-refractivity contribution in [3.8, 4) is 0 Å². The van der Waals surface area contributed by atoms with Gasteiger partial charge in [0.25, 0.3) is 11.6 Å². The first kappa shape index (κ1) is 17.6. The Labute approximate surface area is 145 Å². The smallest absolute Gasteiger partial charge is 0.341 e. The maximum atomic E-state index is 11.8. The Morgan fingerprint density at radius 2 is 2.04 bits per heavy atom. The van der Waals surface area contributed by atoms with Gasteiger partial charge in [-0.15, -0.1) is 0 Å². The molecule has 1 heterocycles.